The highest BCUT2D eigenvalue weighted by atomic mass is 31.2. The lowest BCUT2D eigenvalue weighted by Crippen LogP contribution is -2.44. The Kier molecular flexibility index (Phi) is 9.04. The average Bonchev–Trinajstić information content (AvgIpc) is 3.46. The molecule has 0 saturated carbocycles. The molecule has 11 heteroatoms. The third kappa shape index (κ3) is 7.08. The molecule has 0 bridgehead atoms. The summed E-state index contributed by atoms with van der Waals surface area (Å²) in [4.78, 5) is 32.0. The van der Waals surface area contributed by atoms with Crippen LogP contribution in [0.2, 0.25) is 0 Å². The van der Waals surface area contributed by atoms with Crippen molar-refractivity contribution in [1.82, 2.24) is 15.2 Å². The lowest BCUT2D eigenvalue weighted by atomic mass is 10.2. The minimum atomic E-state index is -4.09. The molecule has 1 saturated heterocycles. The summed E-state index contributed by atoms with van der Waals surface area (Å²) in [6, 6.07) is 28.8. The molecule has 0 radical (unpaired) electrons. The number of benzene rings is 3. The van der Waals surface area contributed by atoms with Crippen LogP contribution >= 0.6 is 7.60 Å². The van der Waals surface area contributed by atoms with Gasteiger partial charge in [0.05, 0.1) is 13.2 Å². The van der Waals surface area contributed by atoms with Gasteiger partial charge in [0.15, 0.2) is 0 Å². The van der Waals surface area contributed by atoms with Gasteiger partial charge in [-0.3, -0.25) is 9.78 Å². The summed E-state index contributed by atoms with van der Waals surface area (Å²) in [5, 5.41) is 2.89. The molecule has 1 N–H and O–H groups in total. The minimum absolute atomic E-state index is 0.00822. The highest BCUT2D eigenvalue weighted by molar-refractivity contribution is 7.55. The van der Waals surface area contributed by atoms with Gasteiger partial charge >= 0.3 is 13.7 Å². The van der Waals surface area contributed by atoms with E-state index in [4.69, 9.17) is 18.5 Å². The van der Waals surface area contributed by atoms with E-state index >= 15 is 0 Å². The average molecular weight is 588 g/mol. The van der Waals surface area contributed by atoms with Crippen LogP contribution < -0.4 is 19.1 Å². The van der Waals surface area contributed by atoms with E-state index in [9.17, 15) is 14.2 Å². The van der Waals surface area contributed by atoms with E-state index in [1.54, 1.807) is 66.7 Å². The van der Waals surface area contributed by atoms with Crippen LogP contribution in [0, 0.1) is 0 Å². The zero-order valence-corrected chi connectivity index (χ0v) is 23.8. The van der Waals surface area contributed by atoms with Crippen LogP contribution in [0.25, 0.3) is 0 Å². The second kappa shape index (κ2) is 13.2. The number of para-hydroxylation sites is 2. The predicted molar refractivity (Wildman–Crippen MR) is 156 cm³/mol. The van der Waals surface area contributed by atoms with Crippen molar-refractivity contribution in [3.05, 3.63) is 121 Å². The maximum absolute atomic E-state index is 14.7. The Balaban J connectivity index is 1.44. The molecule has 2 atom stereocenters. The number of hydrogen-bond acceptors (Lipinski definition) is 8. The molecule has 1 fully saturated rings. The molecule has 1 aromatic heterocycles. The normalized spacial score (nSPS) is 16.4. The van der Waals surface area contributed by atoms with Crippen molar-refractivity contribution in [2.45, 2.75) is 18.3 Å². The molecule has 42 heavy (non-hydrogen) atoms. The lowest BCUT2D eigenvalue weighted by Gasteiger charge is -2.28. The van der Waals surface area contributed by atoms with E-state index in [2.05, 4.69) is 10.3 Å². The number of likely N-dealkylation sites (tertiary alicyclic amines) is 1. The fourth-order valence-corrected chi connectivity index (χ4v) is 6.67. The third-order valence-corrected chi connectivity index (χ3v) is 8.89. The molecule has 10 nitrogen and oxygen atoms in total. The van der Waals surface area contributed by atoms with E-state index in [1.807, 2.05) is 30.3 Å². The summed E-state index contributed by atoms with van der Waals surface area (Å²) in [6.45, 7) is 0.0135. The van der Waals surface area contributed by atoms with Gasteiger partial charge in [-0.15, -0.1) is 0 Å². The molecule has 2 unspecified atom stereocenters. The number of aromatic nitrogens is 1. The molecule has 3 aromatic carbocycles. The number of carbonyl (C=O) groups is 2. The van der Waals surface area contributed by atoms with Gasteiger partial charge < -0.3 is 28.7 Å². The van der Waals surface area contributed by atoms with Gasteiger partial charge in [-0.2, -0.15) is 0 Å². The number of pyridine rings is 1. The predicted octanol–water partition coefficient (Wildman–Crippen LogP) is 5.56. The number of rotatable bonds is 10. The Bertz CT molecular complexity index is 1490. The zero-order valence-electron chi connectivity index (χ0n) is 22.9. The van der Waals surface area contributed by atoms with E-state index in [0.717, 1.165) is 5.56 Å². The summed E-state index contributed by atoms with van der Waals surface area (Å²) < 4.78 is 37.6. The maximum atomic E-state index is 14.7. The van der Waals surface area contributed by atoms with Gasteiger partial charge in [0, 0.05) is 25.4 Å². The van der Waals surface area contributed by atoms with Gasteiger partial charge in [-0.25, -0.2) is 9.36 Å². The van der Waals surface area contributed by atoms with Crippen LogP contribution in [0.4, 0.5) is 4.79 Å². The maximum Gasteiger partial charge on any atom is 0.437 e. The smallest absolute Gasteiger partial charge is 0.437 e. The highest BCUT2D eigenvalue weighted by Gasteiger charge is 2.51. The molecule has 4 aromatic rings. The van der Waals surface area contributed by atoms with Crippen LogP contribution in [-0.2, 0) is 15.9 Å². The highest BCUT2D eigenvalue weighted by Crippen LogP contribution is 2.55. The first kappa shape index (κ1) is 28.7. The lowest BCUT2D eigenvalue weighted by molar-refractivity contribution is 0.0917. The standard InChI is InChI=1S/C31H30N3O7P/c1-38-26-17-18-32-27(19-26)30(35)33-28-20-34(31(36)39-22-23-11-5-2-6-12-23)21-29(28)42(37,40-24-13-7-3-8-14-24)41-25-15-9-4-10-16-25/h2-19,28-29H,20-22H2,1H3,(H,33,35). The Labute approximate surface area is 243 Å². The summed E-state index contributed by atoms with van der Waals surface area (Å²) in [5.74, 6) is 0.562. The van der Waals surface area contributed by atoms with E-state index in [1.165, 1.54) is 24.3 Å². The first-order valence-corrected chi connectivity index (χ1v) is 14.9. The van der Waals surface area contributed by atoms with Crippen molar-refractivity contribution in [2.75, 3.05) is 20.2 Å². The molecular formula is C31H30N3O7P. The van der Waals surface area contributed by atoms with E-state index < -0.39 is 31.3 Å². The van der Waals surface area contributed by atoms with Gasteiger partial charge in [0.2, 0.25) is 0 Å². The summed E-state index contributed by atoms with van der Waals surface area (Å²) in [7, 11) is -2.61. The Morgan fingerprint density at radius 3 is 2.05 bits per heavy atom. The van der Waals surface area contributed by atoms with Crippen LogP contribution in [0.15, 0.2) is 109 Å². The summed E-state index contributed by atoms with van der Waals surface area (Å²) in [5.41, 5.74) is -0.0289. The monoisotopic (exact) mass is 587 g/mol. The quantitative estimate of drug-likeness (QED) is 0.240. The molecule has 216 valence electrons. The summed E-state index contributed by atoms with van der Waals surface area (Å²) in [6.07, 6.45) is 0.834. The fraction of sp³-hybridized carbons (Fsp3) is 0.194. The van der Waals surface area contributed by atoms with Crippen molar-refractivity contribution in [3.8, 4) is 17.2 Å². The van der Waals surface area contributed by atoms with Crippen molar-refractivity contribution in [2.24, 2.45) is 0 Å². The second-order valence-corrected chi connectivity index (χ2v) is 11.6. The van der Waals surface area contributed by atoms with Gasteiger partial charge in [-0.05, 0) is 35.9 Å². The Morgan fingerprint density at radius 1 is 0.857 bits per heavy atom. The van der Waals surface area contributed by atoms with E-state index in [0.29, 0.717) is 17.2 Å². The van der Waals surface area contributed by atoms with Gasteiger partial charge in [0.25, 0.3) is 5.91 Å². The molecular weight excluding hydrogens is 557 g/mol. The number of nitrogens with one attached hydrogen (secondary N) is 1. The second-order valence-electron chi connectivity index (χ2n) is 9.52. The number of ether oxygens (including phenoxy) is 2. The number of carbonyl (C=O) groups excluding carboxylic acids is 2. The molecule has 1 aliphatic rings. The number of methoxy groups -OCH3 is 1. The van der Waals surface area contributed by atoms with Gasteiger partial charge in [0.1, 0.15) is 35.2 Å². The molecule has 5 rings (SSSR count). The van der Waals surface area contributed by atoms with Gasteiger partial charge in [-0.1, -0.05) is 66.7 Å². The van der Waals surface area contributed by atoms with Crippen molar-refractivity contribution < 1.29 is 32.7 Å². The van der Waals surface area contributed by atoms with Crippen molar-refractivity contribution >= 4 is 19.6 Å². The van der Waals surface area contributed by atoms with Crippen LogP contribution in [0.3, 0.4) is 0 Å². The van der Waals surface area contributed by atoms with E-state index in [-0.39, 0.29) is 25.4 Å². The number of hydrogen-bond donors (Lipinski definition) is 1. The largest absolute Gasteiger partial charge is 0.497 e. The molecule has 2 amide bonds. The fourth-order valence-electron chi connectivity index (χ4n) is 4.52. The van der Waals surface area contributed by atoms with Crippen LogP contribution in [-0.4, -0.2) is 53.8 Å². The molecule has 0 spiro atoms. The Morgan fingerprint density at radius 2 is 1.45 bits per heavy atom. The third-order valence-electron chi connectivity index (χ3n) is 6.63. The van der Waals surface area contributed by atoms with Crippen LogP contribution in [0.1, 0.15) is 16.1 Å². The molecule has 1 aliphatic heterocycles. The summed E-state index contributed by atoms with van der Waals surface area (Å²) >= 11 is 0. The zero-order chi connectivity index (χ0) is 29.4. The number of nitrogens with zero attached hydrogens (tertiary/aromatic N) is 2. The minimum Gasteiger partial charge on any atom is -0.497 e. The van der Waals surface area contributed by atoms with Crippen molar-refractivity contribution in [3.63, 3.8) is 0 Å². The molecule has 0 aliphatic carbocycles. The topological polar surface area (TPSA) is 116 Å². The van der Waals surface area contributed by atoms with Crippen molar-refractivity contribution in [1.29, 1.82) is 0 Å². The van der Waals surface area contributed by atoms with Crippen LogP contribution in [0.5, 0.6) is 17.2 Å². The Hall–Kier alpha value is -4.82. The SMILES string of the molecule is COc1ccnc(C(=O)NC2CN(C(=O)OCc3ccccc3)CC2P(=O)(Oc2ccccc2)Oc2ccccc2)c1. The number of amides is 2. The first-order valence-electron chi connectivity index (χ1n) is 13.3. The molecule has 2 heterocycles. The first-order chi connectivity index (χ1) is 20.4.